The van der Waals surface area contributed by atoms with Crippen LogP contribution < -0.4 is 5.32 Å². The number of H-pyrrole nitrogens is 1. The van der Waals surface area contributed by atoms with Crippen molar-refractivity contribution in [3.63, 3.8) is 0 Å². The zero-order valence-corrected chi connectivity index (χ0v) is 12.5. The van der Waals surface area contributed by atoms with Crippen molar-refractivity contribution < 1.29 is 0 Å². The molecule has 1 heterocycles. The lowest BCUT2D eigenvalue weighted by Crippen LogP contribution is -2.35. The molecule has 102 valence electrons. The van der Waals surface area contributed by atoms with E-state index >= 15 is 0 Å². The molecule has 0 saturated carbocycles. The Kier molecular flexibility index (Phi) is 3.76. The molecule has 2 N–H and O–H groups in total. The second kappa shape index (κ2) is 5.17. The van der Waals surface area contributed by atoms with Gasteiger partial charge in [0.25, 0.3) is 0 Å². The molecule has 0 unspecified atom stereocenters. The Bertz CT molecular complexity index is 562. The topological polar surface area (TPSA) is 40.7 Å². The third-order valence-electron chi connectivity index (χ3n) is 3.23. The fraction of sp³-hybridized carbons (Fsp3) is 0.438. The van der Waals surface area contributed by atoms with Crippen LogP contribution in [0.25, 0.3) is 11.3 Å². The summed E-state index contributed by atoms with van der Waals surface area (Å²) < 4.78 is 0. The molecule has 0 aliphatic heterocycles. The van der Waals surface area contributed by atoms with Gasteiger partial charge < -0.3 is 10.3 Å². The van der Waals surface area contributed by atoms with Crippen molar-refractivity contribution in [1.29, 1.82) is 0 Å². The van der Waals surface area contributed by atoms with Gasteiger partial charge in [0, 0.05) is 5.54 Å². The van der Waals surface area contributed by atoms with E-state index in [1.807, 2.05) is 6.20 Å². The fourth-order valence-electron chi connectivity index (χ4n) is 1.86. The third-order valence-corrected chi connectivity index (χ3v) is 3.23. The van der Waals surface area contributed by atoms with Gasteiger partial charge in [-0.05, 0) is 57.4 Å². The molecular weight excluding hydrogens is 234 g/mol. The standard InChI is InChI=1S/C16H23N3/c1-11-6-7-13(8-12(11)2)14-9-17-15(19-14)10-18-16(3,4)5/h6-9,18H,10H2,1-5H3,(H,17,19). The maximum absolute atomic E-state index is 4.43. The van der Waals surface area contributed by atoms with E-state index in [-0.39, 0.29) is 5.54 Å². The van der Waals surface area contributed by atoms with Crippen LogP contribution in [0.5, 0.6) is 0 Å². The number of rotatable bonds is 3. The number of hydrogen-bond donors (Lipinski definition) is 2. The van der Waals surface area contributed by atoms with Crippen LogP contribution in [0.2, 0.25) is 0 Å². The monoisotopic (exact) mass is 257 g/mol. The molecule has 0 amide bonds. The van der Waals surface area contributed by atoms with Crippen LogP contribution in [0.4, 0.5) is 0 Å². The summed E-state index contributed by atoms with van der Waals surface area (Å²) in [6, 6.07) is 6.49. The number of nitrogens with one attached hydrogen (secondary N) is 2. The van der Waals surface area contributed by atoms with E-state index in [9.17, 15) is 0 Å². The zero-order chi connectivity index (χ0) is 14.0. The number of imidazole rings is 1. The number of aryl methyl sites for hydroxylation is 2. The predicted octanol–water partition coefficient (Wildman–Crippen LogP) is 3.58. The molecule has 0 atom stereocenters. The van der Waals surface area contributed by atoms with Crippen LogP contribution >= 0.6 is 0 Å². The normalized spacial score (nSPS) is 11.8. The van der Waals surface area contributed by atoms with E-state index in [4.69, 9.17) is 0 Å². The van der Waals surface area contributed by atoms with Crippen molar-refractivity contribution in [2.24, 2.45) is 0 Å². The Morgan fingerprint density at radius 1 is 1.16 bits per heavy atom. The maximum Gasteiger partial charge on any atom is 0.120 e. The highest BCUT2D eigenvalue weighted by Crippen LogP contribution is 2.20. The van der Waals surface area contributed by atoms with E-state index in [1.54, 1.807) is 0 Å². The number of nitrogens with zero attached hydrogens (tertiary/aromatic N) is 1. The van der Waals surface area contributed by atoms with E-state index < -0.39 is 0 Å². The Balaban J connectivity index is 2.14. The Morgan fingerprint density at radius 2 is 1.89 bits per heavy atom. The van der Waals surface area contributed by atoms with Gasteiger partial charge in [0.05, 0.1) is 18.4 Å². The lowest BCUT2D eigenvalue weighted by Gasteiger charge is -2.19. The maximum atomic E-state index is 4.43. The van der Waals surface area contributed by atoms with Gasteiger partial charge in [0.1, 0.15) is 5.82 Å². The summed E-state index contributed by atoms with van der Waals surface area (Å²) in [7, 11) is 0. The molecule has 1 aromatic carbocycles. The summed E-state index contributed by atoms with van der Waals surface area (Å²) in [6.45, 7) is 11.5. The smallest absolute Gasteiger partial charge is 0.120 e. The van der Waals surface area contributed by atoms with Gasteiger partial charge in [0.2, 0.25) is 0 Å². The Hall–Kier alpha value is -1.61. The molecule has 0 fully saturated rings. The van der Waals surface area contributed by atoms with Crippen molar-refractivity contribution in [2.75, 3.05) is 0 Å². The highest BCUT2D eigenvalue weighted by molar-refractivity contribution is 5.60. The minimum absolute atomic E-state index is 0.105. The highest BCUT2D eigenvalue weighted by Gasteiger charge is 2.10. The number of aromatic amines is 1. The van der Waals surface area contributed by atoms with Crippen LogP contribution in [-0.2, 0) is 6.54 Å². The molecule has 3 heteroatoms. The van der Waals surface area contributed by atoms with Crippen LogP contribution in [0.1, 0.15) is 37.7 Å². The number of aromatic nitrogens is 2. The van der Waals surface area contributed by atoms with Crippen LogP contribution in [0.15, 0.2) is 24.4 Å². The van der Waals surface area contributed by atoms with Crippen molar-refractivity contribution in [3.8, 4) is 11.3 Å². The first kappa shape index (κ1) is 13.8. The van der Waals surface area contributed by atoms with Crippen molar-refractivity contribution in [3.05, 3.63) is 41.3 Å². The van der Waals surface area contributed by atoms with Crippen LogP contribution in [0, 0.1) is 13.8 Å². The quantitative estimate of drug-likeness (QED) is 0.882. The largest absolute Gasteiger partial charge is 0.341 e. The Labute approximate surface area is 115 Å². The summed E-state index contributed by atoms with van der Waals surface area (Å²) in [5.74, 6) is 0.975. The number of benzene rings is 1. The molecule has 0 aliphatic carbocycles. The molecule has 0 aliphatic rings. The molecule has 0 spiro atoms. The minimum atomic E-state index is 0.105. The minimum Gasteiger partial charge on any atom is -0.341 e. The van der Waals surface area contributed by atoms with Crippen molar-refractivity contribution in [2.45, 2.75) is 46.7 Å². The molecule has 0 saturated heterocycles. The van der Waals surface area contributed by atoms with Gasteiger partial charge in [-0.3, -0.25) is 0 Å². The first-order valence-corrected chi connectivity index (χ1v) is 6.72. The molecule has 1 aromatic heterocycles. The van der Waals surface area contributed by atoms with Crippen molar-refractivity contribution >= 4 is 0 Å². The first-order chi connectivity index (χ1) is 8.85. The summed E-state index contributed by atoms with van der Waals surface area (Å²) in [5.41, 5.74) is 5.00. The SMILES string of the molecule is Cc1ccc(-c2cnc(CNC(C)(C)C)[nH]2)cc1C. The average molecular weight is 257 g/mol. The number of hydrogen-bond acceptors (Lipinski definition) is 2. The molecule has 2 rings (SSSR count). The first-order valence-electron chi connectivity index (χ1n) is 6.72. The van der Waals surface area contributed by atoms with Crippen LogP contribution in [0.3, 0.4) is 0 Å². The summed E-state index contributed by atoms with van der Waals surface area (Å²) in [6.07, 6.45) is 1.91. The lowest BCUT2D eigenvalue weighted by molar-refractivity contribution is 0.418. The van der Waals surface area contributed by atoms with Crippen LogP contribution in [-0.4, -0.2) is 15.5 Å². The molecule has 2 aromatic rings. The second-order valence-electron chi connectivity index (χ2n) is 6.15. The van der Waals surface area contributed by atoms with E-state index in [2.05, 4.69) is 68.1 Å². The molecule has 0 bridgehead atoms. The molecule has 0 radical (unpaired) electrons. The highest BCUT2D eigenvalue weighted by atomic mass is 15.0. The summed E-state index contributed by atoms with van der Waals surface area (Å²) in [5, 5.41) is 3.43. The van der Waals surface area contributed by atoms with Gasteiger partial charge in [0.15, 0.2) is 0 Å². The van der Waals surface area contributed by atoms with Gasteiger partial charge in [-0.25, -0.2) is 4.98 Å². The van der Waals surface area contributed by atoms with E-state index in [0.717, 1.165) is 18.1 Å². The van der Waals surface area contributed by atoms with Gasteiger partial charge in [-0.15, -0.1) is 0 Å². The third kappa shape index (κ3) is 3.67. The molecule has 3 nitrogen and oxygen atoms in total. The summed E-state index contributed by atoms with van der Waals surface area (Å²) >= 11 is 0. The second-order valence-corrected chi connectivity index (χ2v) is 6.15. The van der Waals surface area contributed by atoms with Gasteiger partial charge in [-0.2, -0.15) is 0 Å². The van der Waals surface area contributed by atoms with Crippen molar-refractivity contribution in [1.82, 2.24) is 15.3 Å². The lowest BCUT2D eigenvalue weighted by atomic mass is 10.1. The zero-order valence-electron chi connectivity index (χ0n) is 12.5. The van der Waals surface area contributed by atoms with Gasteiger partial charge in [-0.1, -0.05) is 12.1 Å². The summed E-state index contributed by atoms with van der Waals surface area (Å²) in [4.78, 5) is 7.80. The van der Waals surface area contributed by atoms with E-state index in [1.165, 1.54) is 16.7 Å². The Morgan fingerprint density at radius 3 is 2.53 bits per heavy atom. The fourth-order valence-corrected chi connectivity index (χ4v) is 1.86. The average Bonchev–Trinajstić information content (AvgIpc) is 2.78. The van der Waals surface area contributed by atoms with E-state index in [0.29, 0.717) is 0 Å². The van der Waals surface area contributed by atoms with Gasteiger partial charge >= 0.3 is 0 Å². The molecule has 19 heavy (non-hydrogen) atoms. The predicted molar refractivity (Wildman–Crippen MR) is 80.1 cm³/mol. The molecular formula is C16H23N3.